The lowest BCUT2D eigenvalue weighted by Crippen LogP contribution is -2.36. The van der Waals surface area contributed by atoms with Crippen molar-refractivity contribution in [3.8, 4) is 0 Å². The normalized spacial score (nSPS) is 23.9. The van der Waals surface area contributed by atoms with E-state index in [-0.39, 0.29) is 5.97 Å². The number of carbonyl (C=O) groups excluding carboxylic acids is 1. The van der Waals surface area contributed by atoms with E-state index in [9.17, 15) is 9.18 Å². The lowest BCUT2D eigenvalue weighted by molar-refractivity contribution is -0.146. The molecule has 1 aliphatic rings. The molecule has 0 aromatic rings. The van der Waals surface area contributed by atoms with Crippen LogP contribution in [-0.4, -0.2) is 29.3 Å². The van der Waals surface area contributed by atoms with Crippen molar-refractivity contribution in [2.24, 2.45) is 16.8 Å². The van der Waals surface area contributed by atoms with Crippen molar-refractivity contribution in [3.05, 3.63) is 24.8 Å². The zero-order valence-corrected chi connectivity index (χ0v) is 10.5. The molecule has 5 nitrogen and oxygen atoms in total. The quantitative estimate of drug-likeness (QED) is 0.756. The number of rotatable bonds is 5. The number of hydrogen-bond acceptors (Lipinski definition) is 5. The van der Waals surface area contributed by atoms with Gasteiger partial charge in [-0.25, -0.2) is 4.39 Å². The molecule has 1 rings (SSSR count). The summed E-state index contributed by atoms with van der Waals surface area (Å²) in [5, 5.41) is 5.58. The van der Waals surface area contributed by atoms with E-state index in [2.05, 4.69) is 5.10 Å². The van der Waals surface area contributed by atoms with Crippen LogP contribution in [0.2, 0.25) is 0 Å². The highest BCUT2D eigenvalue weighted by atomic mass is 19.1. The second-order valence-electron chi connectivity index (χ2n) is 3.71. The Hall–Kier alpha value is -1.85. The molecule has 0 fully saturated rings. The van der Waals surface area contributed by atoms with Crippen molar-refractivity contribution in [2.45, 2.75) is 26.3 Å². The van der Waals surface area contributed by atoms with Crippen molar-refractivity contribution < 1.29 is 13.9 Å². The zero-order chi connectivity index (χ0) is 13.5. The summed E-state index contributed by atoms with van der Waals surface area (Å²) >= 11 is 0. The maximum atomic E-state index is 12.3. The van der Waals surface area contributed by atoms with Gasteiger partial charge in [0.1, 0.15) is 12.2 Å². The van der Waals surface area contributed by atoms with Gasteiger partial charge >= 0.3 is 5.97 Å². The summed E-state index contributed by atoms with van der Waals surface area (Å²) < 4.78 is 17.3. The van der Waals surface area contributed by atoms with Gasteiger partial charge in [0, 0.05) is 0 Å². The maximum Gasteiger partial charge on any atom is 0.317 e. The molecule has 1 aliphatic heterocycles. The molecule has 0 bridgehead atoms. The van der Waals surface area contributed by atoms with Crippen LogP contribution >= 0.6 is 0 Å². The smallest absolute Gasteiger partial charge is 0.317 e. The minimum absolute atomic E-state index is 0.296. The van der Waals surface area contributed by atoms with Crippen LogP contribution in [0.5, 0.6) is 0 Å². The van der Waals surface area contributed by atoms with E-state index in [0.29, 0.717) is 25.1 Å². The van der Waals surface area contributed by atoms with Crippen LogP contribution in [0.25, 0.3) is 0 Å². The predicted octanol–water partition coefficient (Wildman–Crippen LogP) is 1.53. The van der Waals surface area contributed by atoms with E-state index in [1.807, 2.05) is 6.92 Å². The van der Waals surface area contributed by atoms with Gasteiger partial charge < -0.3 is 10.5 Å². The van der Waals surface area contributed by atoms with E-state index in [4.69, 9.17) is 10.5 Å². The average Bonchev–Trinajstić information content (AvgIpc) is 2.69. The molecule has 0 saturated heterocycles. The number of hydrazone groups is 1. The molecule has 0 aromatic heterocycles. The van der Waals surface area contributed by atoms with Crippen molar-refractivity contribution in [3.63, 3.8) is 0 Å². The minimum atomic E-state index is -0.536. The monoisotopic (exact) mass is 255 g/mol. The second-order valence-corrected chi connectivity index (χ2v) is 3.71. The summed E-state index contributed by atoms with van der Waals surface area (Å²) in [6.45, 7) is 3.92. The SMILES string of the molecule is CCOC(=O)C1C(CC)=NN(/C=C/F)C1/C=C/N. The van der Waals surface area contributed by atoms with Crippen molar-refractivity contribution in [2.75, 3.05) is 6.61 Å². The molecule has 0 aromatic carbocycles. The molecular formula is C12H18FN3O2. The Balaban J connectivity index is 3.02. The number of carbonyl (C=O) groups is 1. The fraction of sp³-hybridized carbons (Fsp3) is 0.500. The van der Waals surface area contributed by atoms with Crippen LogP contribution in [0.15, 0.2) is 29.9 Å². The zero-order valence-electron chi connectivity index (χ0n) is 10.5. The van der Waals surface area contributed by atoms with Gasteiger partial charge in [-0.05, 0) is 25.6 Å². The fourth-order valence-corrected chi connectivity index (χ4v) is 1.93. The second kappa shape index (κ2) is 6.78. The van der Waals surface area contributed by atoms with E-state index in [1.165, 1.54) is 17.4 Å². The molecule has 2 atom stereocenters. The van der Waals surface area contributed by atoms with Crippen LogP contribution in [0.1, 0.15) is 20.3 Å². The number of nitrogens with two attached hydrogens (primary N) is 1. The Kier molecular flexibility index (Phi) is 5.35. The molecule has 2 N–H and O–H groups in total. The Morgan fingerprint density at radius 2 is 2.33 bits per heavy atom. The van der Waals surface area contributed by atoms with Crippen molar-refractivity contribution in [1.82, 2.24) is 5.01 Å². The lowest BCUT2D eigenvalue weighted by Gasteiger charge is -2.20. The first-order valence-electron chi connectivity index (χ1n) is 5.87. The molecular weight excluding hydrogens is 237 g/mol. The molecule has 0 saturated carbocycles. The van der Waals surface area contributed by atoms with Gasteiger partial charge in [-0.15, -0.1) is 0 Å². The van der Waals surface area contributed by atoms with Crippen LogP contribution in [0, 0.1) is 5.92 Å². The third-order valence-corrected chi connectivity index (χ3v) is 2.67. The topological polar surface area (TPSA) is 67.9 Å². The van der Waals surface area contributed by atoms with Gasteiger partial charge in [0.2, 0.25) is 0 Å². The van der Waals surface area contributed by atoms with E-state index >= 15 is 0 Å². The van der Waals surface area contributed by atoms with Gasteiger partial charge in [0.25, 0.3) is 0 Å². The maximum absolute atomic E-state index is 12.3. The van der Waals surface area contributed by atoms with Gasteiger partial charge in [-0.3, -0.25) is 9.80 Å². The van der Waals surface area contributed by atoms with E-state index in [0.717, 1.165) is 0 Å². The fourth-order valence-electron chi connectivity index (χ4n) is 1.93. The van der Waals surface area contributed by atoms with Gasteiger partial charge in [-0.1, -0.05) is 6.92 Å². The average molecular weight is 255 g/mol. The first-order chi connectivity index (χ1) is 8.69. The third kappa shape index (κ3) is 2.88. The number of nitrogens with zero attached hydrogens (tertiary/aromatic N) is 2. The van der Waals surface area contributed by atoms with Crippen LogP contribution < -0.4 is 5.73 Å². The number of halogens is 1. The molecule has 0 spiro atoms. The van der Waals surface area contributed by atoms with Gasteiger partial charge in [0.15, 0.2) is 0 Å². The summed E-state index contributed by atoms with van der Waals surface area (Å²) in [5.41, 5.74) is 6.02. The highest BCUT2D eigenvalue weighted by Crippen LogP contribution is 2.26. The van der Waals surface area contributed by atoms with Crippen LogP contribution in [0.3, 0.4) is 0 Å². The van der Waals surface area contributed by atoms with Crippen LogP contribution in [0.4, 0.5) is 4.39 Å². The first-order valence-corrected chi connectivity index (χ1v) is 5.87. The Labute approximate surface area is 106 Å². The molecule has 100 valence electrons. The molecule has 18 heavy (non-hydrogen) atoms. The molecule has 6 heteroatoms. The summed E-state index contributed by atoms with van der Waals surface area (Å²) in [7, 11) is 0. The highest BCUT2D eigenvalue weighted by Gasteiger charge is 2.40. The standard InChI is InChI=1S/C12H18FN3O2/c1-3-9-11(12(17)18-4-2)10(5-7-14)16(15-9)8-6-13/h5-8,10-11H,3-4,14H2,1-2H3/b7-5+,8-6+. The molecule has 0 amide bonds. The van der Waals surface area contributed by atoms with Crippen molar-refractivity contribution >= 4 is 11.7 Å². The molecule has 0 radical (unpaired) electrons. The first kappa shape index (κ1) is 14.2. The van der Waals surface area contributed by atoms with E-state index in [1.54, 1.807) is 13.0 Å². The van der Waals surface area contributed by atoms with E-state index < -0.39 is 12.0 Å². The molecule has 2 unspecified atom stereocenters. The number of esters is 1. The summed E-state index contributed by atoms with van der Waals surface area (Å²) in [4.78, 5) is 11.9. The van der Waals surface area contributed by atoms with Crippen LogP contribution in [-0.2, 0) is 9.53 Å². The number of hydrogen-bond donors (Lipinski definition) is 1. The summed E-state index contributed by atoms with van der Waals surface area (Å²) in [6.07, 6.45) is 5.06. The van der Waals surface area contributed by atoms with Crippen molar-refractivity contribution in [1.29, 1.82) is 0 Å². The Morgan fingerprint density at radius 1 is 1.61 bits per heavy atom. The lowest BCUT2D eigenvalue weighted by atomic mass is 9.94. The molecule has 0 aliphatic carbocycles. The summed E-state index contributed by atoms with van der Waals surface area (Å²) in [6, 6.07) is -0.434. The summed E-state index contributed by atoms with van der Waals surface area (Å²) in [5.74, 6) is -0.901. The van der Waals surface area contributed by atoms with Gasteiger partial charge in [-0.2, -0.15) is 5.10 Å². The Bertz CT molecular complexity index is 380. The minimum Gasteiger partial charge on any atom is -0.465 e. The van der Waals surface area contributed by atoms with Gasteiger partial charge in [0.05, 0.1) is 24.6 Å². The Morgan fingerprint density at radius 3 is 2.83 bits per heavy atom. The highest BCUT2D eigenvalue weighted by molar-refractivity contribution is 6.04. The molecule has 1 heterocycles. The number of ether oxygens (including phenoxy) is 1. The largest absolute Gasteiger partial charge is 0.465 e. The third-order valence-electron chi connectivity index (χ3n) is 2.67. The predicted molar refractivity (Wildman–Crippen MR) is 67.1 cm³/mol.